The number of aryl methyl sites for hydroxylation is 2. The molecule has 120 valence electrons. The molecule has 0 heterocycles. The first-order valence-electron chi connectivity index (χ1n) is 7.58. The molecule has 1 aromatic rings. The van der Waals surface area contributed by atoms with Gasteiger partial charge in [0.15, 0.2) is 0 Å². The summed E-state index contributed by atoms with van der Waals surface area (Å²) >= 11 is 0. The second-order valence-electron chi connectivity index (χ2n) is 5.84. The van der Waals surface area contributed by atoms with Gasteiger partial charge in [0.05, 0.1) is 4.90 Å². The van der Waals surface area contributed by atoms with Gasteiger partial charge in [-0.2, -0.15) is 0 Å². The molecule has 5 heteroatoms. The number of nitrogens with one attached hydrogen (secondary N) is 2. The van der Waals surface area contributed by atoms with Crippen LogP contribution in [0, 0.1) is 13.8 Å². The van der Waals surface area contributed by atoms with E-state index in [9.17, 15) is 8.42 Å². The van der Waals surface area contributed by atoms with Crippen molar-refractivity contribution < 1.29 is 8.42 Å². The molecule has 4 nitrogen and oxygen atoms in total. The van der Waals surface area contributed by atoms with Gasteiger partial charge in [-0.1, -0.05) is 13.8 Å². The van der Waals surface area contributed by atoms with Crippen LogP contribution in [0.15, 0.2) is 17.0 Å². The van der Waals surface area contributed by atoms with E-state index in [1.54, 1.807) is 0 Å². The van der Waals surface area contributed by atoms with E-state index in [0.717, 1.165) is 36.2 Å². The minimum absolute atomic E-state index is 0.400. The third kappa shape index (κ3) is 4.20. The first kappa shape index (κ1) is 18.0. The lowest BCUT2D eigenvalue weighted by Crippen LogP contribution is -2.45. The van der Waals surface area contributed by atoms with Gasteiger partial charge in [0.1, 0.15) is 0 Å². The molecule has 0 fully saturated rings. The molecule has 0 aliphatic rings. The summed E-state index contributed by atoms with van der Waals surface area (Å²) in [6.45, 7) is 12.5. The quantitative estimate of drug-likeness (QED) is 0.809. The van der Waals surface area contributed by atoms with Crippen molar-refractivity contribution in [2.75, 3.05) is 11.9 Å². The summed E-state index contributed by atoms with van der Waals surface area (Å²) in [7, 11) is -3.51. The van der Waals surface area contributed by atoms with Crippen molar-refractivity contribution in [3.05, 3.63) is 23.3 Å². The highest BCUT2D eigenvalue weighted by atomic mass is 32.2. The first-order valence-corrected chi connectivity index (χ1v) is 9.06. The SMILES string of the molecule is CCNc1cc(C)c(S(=O)(=O)NC(C)(CC)CC)c(C)c1. The molecule has 0 unspecified atom stereocenters. The lowest BCUT2D eigenvalue weighted by molar-refractivity contribution is 0.388. The summed E-state index contributed by atoms with van der Waals surface area (Å²) in [5.41, 5.74) is 2.10. The van der Waals surface area contributed by atoms with Crippen LogP contribution in [0.5, 0.6) is 0 Å². The Bertz CT molecular complexity index is 567. The Labute approximate surface area is 129 Å². The minimum atomic E-state index is -3.51. The van der Waals surface area contributed by atoms with Gasteiger partial charge >= 0.3 is 0 Å². The van der Waals surface area contributed by atoms with Crippen LogP contribution >= 0.6 is 0 Å². The summed E-state index contributed by atoms with van der Waals surface area (Å²) in [5.74, 6) is 0. The summed E-state index contributed by atoms with van der Waals surface area (Å²) in [5, 5.41) is 3.22. The highest BCUT2D eigenvalue weighted by Crippen LogP contribution is 2.26. The zero-order valence-electron chi connectivity index (χ0n) is 14.0. The summed E-state index contributed by atoms with van der Waals surface area (Å²) in [4.78, 5) is 0.400. The molecule has 0 bridgehead atoms. The van der Waals surface area contributed by atoms with Crippen molar-refractivity contribution in [2.24, 2.45) is 0 Å². The van der Waals surface area contributed by atoms with E-state index in [1.807, 2.05) is 53.7 Å². The van der Waals surface area contributed by atoms with Gasteiger partial charge in [0, 0.05) is 17.8 Å². The predicted molar refractivity (Wildman–Crippen MR) is 89.4 cm³/mol. The van der Waals surface area contributed by atoms with Gasteiger partial charge in [-0.3, -0.25) is 0 Å². The van der Waals surface area contributed by atoms with Crippen molar-refractivity contribution in [3.8, 4) is 0 Å². The third-order valence-corrected chi connectivity index (χ3v) is 5.99. The largest absolute Gasteiger partial charge is 0.385 e. The third-order valence-electron chi connectivity index (χ3n) is 4.05. The summed E-state index contributed by atoms with van der Waals surface area (Å²) < 4.78 is 28.4. The Hall–Kier alpha value is -1.07. The Morgan fingerprint density at radius 3 is 1.90 bits per heavy atom. The normalized spacial score (nSPS) is 12.5. The van der Waals surface area contributed by atoms with Gasteiger partial charge in [-0.25, -0.2) is 13.1 Å². The molecule has 0 aromatic heterocycles. The number of rotatable bonds is 7. The molecule has 0 radical (unpaired) electrons. The number of hydrogen-bond acceptors (Lipinski definition) is 3. The molecule has 1 rings (SSSR count). The van der Waals surface area contributed by atoms with E-state index < -0.39 is 15.6 Å². The summed E-state index contributed by atoms with van der Waals surface area (Å²) in [6.07, 6.45) is 1.52. The lowest BCUT2D eigenvalue weighted by Gasteiger charge is -2.28. The number of anilines is 1. The molecule has 1 aromatic carbocycles. The van der Waals surface area contributed by atoms with Gasteiger partial charge < -0.3 is 5.32 Å². The smallest absolute Gasteiger partial charge is 0.241 e. The Morgan fingerprint density at radius 2 is 1.52 bits per heavy atom. The van der Waals surface area contributed by atoms with Crippen LogP contribution in [0.2, 0.25) is 0 Å². The number of sulfonamides is 1. The standard InChI is InChI=1S/C16H28N2O2S/c1-7-16(6,8-2)18-21(19,20)15-12(4)10-14(17-9-3)11-13(15)5/h10-11,17-18H,7-9H2,1-6H3. The van der Waals surface area contributed by atoms with Crippen molar-refractivity contribution in [3.63, 3.8) is 0 Å². The number of hydrogen-bond donors (Lipinski definition) is 2. The van der Waals surface area contributed by atoms with Crippen LogP contribution < -0.4 is 10.0 Å². The average Bonchev–Trinajstić information content (AvgIpc) is 2.37. The fraction of sp³-hybridized carbons (Fsp3) is 0.625. The molecule has 21 heavy (non-hydrogen) atoms. The van der Waals surface area contributed by atoms with Gasteiger partial charge in [0.25, 0.3) is 0 Å². The minimum Gasteiger partial charge on any atom is -0.385 e. The molecule has 0 saturated heterocycles. The Balaban J connectivity index is 3.26. The predicted octanol–water partition coefficient (Wildman–Crippen LogP) is 3.59. The Kier molecular flexibility index (Phi) is 5.82. The van der Waals surface area contributed by atoms with Crippen molar-refractivity contribution in [2.45, 2.75) is 64.8 Å². The maximum Gasteiger partial charge on any atom is 0.241 e. The number of benzene rings is 1. The topological polar surface area (TPSA) is 58.2 Å². The van der Waals surface area contributed by atoms with Crippen molar-refractivity contribution in [1.82, 2.24) is 4.72 Å². The molecule has 2 N–H and O–H groups in total. The maximum atomic E-state index is 12.7. The van der Waals surface area contributed by atoms with E-state index in [1.165, 1.54) is 0 Å². The zero-order chi connectivity index (χ0) is 16.3. The van der Waals surface area contributed by atoms with E-state index in [0.29, 0.717) is 4.90 Å². The lowest BCUT2D eigenvalue weighted by atomic mass is 9.98. The molecule has 0 aliphatic carbocycles. The van der Waals surface area contributed by atoms with Gasteiger partial charge in [0.2, 0.25) is 10.0 Å². The average molecular weight is 312 g/mol. The van der Waals surface area contributed by atoms with Crippen LogP contribution in [0.3, 0.4) is 0 Å². The molecular weight excluding hydrogens is 284 g/mol. The van der Waals surface area contributed by atoms with Gasteiger partial charge in [-0.15, -0.1) is 0 Å². The molecular formula is C16H28N2O2S. The molecule has 0 amide bonds. The van der Waals surface area contributed by atoms with Crippen molar-refractivity contribution in [1.29, 1.82) is 0 Å². The highest BCUT2D eigenvalue weighted by molar-refractivity contribution is 7.89. The molecule has 0 atom stereocenters. The second kappa shape index (κ2) is 6.79. The fourth-order valence-corrected chi connectivity index (χ4v) is 4.46. The molecule has 0 aliphatic heterocycles. The van der Waals surface area contributed by atoms with Crippen LogP contribution in [0.25, 0.3) is 0 Å². The van der Waals surface area contributed by atoms with E-state index in [-0.39, 0.29) is 0 Å². The first-order chi connectivity index (χ1) is 9.69. The van der Waals surface area contributed by atoms with E-state index in [2.05, 4.69) is 10.0 Å². The molecule has 0 saturated carbocycles. The summed E-state index contributed by atoms with van der Waals surface area (Å²) in [6, 6.07) is 3.78. The fourth-order valence-electron chi connectivity index (χ4n) is 2.45. The Morgan fingerprint density at radius 1 is 1.05 bits per heavy atom. The molecule has 0 spiro atoms. The second-order valence-corrected chi connectivity index (χ2v) is 7.46. The maximum absolute atomic E-state index is 12.7. The van der Waals surface area contributed by atoms with E-state index in [4.69, 9.17) is 0 Å². The van der Waals surface area contributed by atoms with Crippen LogP contribution in [-0.4, -0.2) is 20.5 Å². The van der Waals surface area contributed by atoms with Gasteiger partial charge in [-0.05, 0) is 63.8 Å². The highest BCUT2D eigenvalue weighted by Gasteiger charge is 2.29. The monoisotopic (exact) mass is 312 g/mol. The van der Waals surface area contributed by atoms with Crippen LogP contribution in [0.4, 0.5) is 5.69 Å². The van der Waals surface area contributed by atoms with Crippen LogP contribution in [-0.2, 0) is 10.0 Å². The van der Waals surface area contributed by atoms with E-state index >= 15 is 0 Å². The zero-order valence-corrected chi connectivity index (χ0v) is 14.8. The van der Waals surface area contributed by atoms with Crippen LogP contribution in [0.1, 0.15) is 51.7 Å². The van der Waals surface area contributed by atoms with Crippen molar-refractivity contribution >= 4 is 15.7 Å².